The summed E-state index contributed by atoms with van der Waals surface area (Å²) >= 11 is 2.96. The normalized spacial score (nSPS) is 33.1. The van der Waals surface area contributed by atoms with E-state index in [2.05, 4.69) is 40.6 Å². The first-order chi connectivity index (χ1) is 14.0. The predicted octanol–water partition coefficient (Wildman–Crippen LogP) is 0.176. The number of aliphatic hydroxyl groups excluding tert-OH is 1. The fraction of sp³-hybridized carbons (Fsp3) is 0.545. The lowest BCUT2D eigenvalue weighted by atomic mass is 9.99. The molecule has 1 fully saturated rings. The molecule has 31 heavy (non-hydrogen) atoms. The first-order valence-electron chi connectivity index (χ1n) is 7.85. The summed E-state index contributed by atoms with van der Waals surface area (Å²) in [5, 5.41) is 9.98. The van der Waals surface area contributed by atoms with Crippen LogP contribution in [-0.4, -0.2) is 71.5 Å². The number of phosphoric ester groups is 1. The summed E-state index contributed by atoms with van der Waals surface area (Å²) in [4.78, 5) is 40.7. The largest absolute Gasteiger partial charge is 0.490 e. The maximum atomic E-state index is 14.8. The predicted molar refractivity (Wildman–Crippen MR) is 104 cm³/mol. The van der Waals surface area contributed by atoms with E-state index in [9.17, 15) is 28.1 Å². The summed E-state index contributed by atoms with van der Waals surface area (Å²) < 4.78 is 65.9. The number of ether oxygens (including phenoxy) is 1. The molecule has 0 amide bonds. The number of phosphoric acid groups is 3. The van der Waals surface area contributed by atoms with E-state index in [-0.39, 0.29) is 17.0 Å². The highest BCUT2D eigenvalue weighted by Crippen LogP contribution is 2.66. The van der Waals surface area contributed by atoms with Crippen LogP contribution in [0, 0.1) is 0 Å². The second kappa shape index (κ2) is 9.39. The summed E-state index contributed by atoms with van der Waals surface area (Å²) in [6.45, 7) is 2.50. The lowest BCUT2D eigenvalue weighted by Crippen LogP contribution is -2.47. The van der Waals surface area contributed by atoms with Gasteiger partial charge in [-0.2, -0.15) is 8.62 Å². The van der Waals surface area contributed by atoms with Crippen LogP contribution in [-0.2, 0) is 31.6 Å². The second-order valence-electron chi connectivity index (χ2n) is 6.14. The van der Waals surface area contributed by atoms with Gasteiger partial charge < -0.3 is 40.1 Å². The second-order valence-corrected chi connectivity index (χ2v) is 11.1. The van der Waals surface area contributed by atoms with Gasteiger partial charge in [-0.15, -0.1) is 0 Å². The molecule has 20 heteroatoms. The highest BCUT2D eigenvalue weighted by molar-refractivity contribution is 9.09. The lowest BCUT2D eigenvalue weighted by Gasteiger charge is -2.32. The molecule has 0 saturated carbocycles. The number of alkyl halides is 2. The van der Waals surface area contributed by atoms with E-state index in [1.807, 2.05) is 0 Å². The molecule has 2 heterocycles. The molecule has 178 valence electrons. The van der Waals surface area contributed by atoms with Crippen molar-refractivity contribution in [3.8, 4) is 0 Å². The molecular formula is C11H18BrFN3O12P3. The Labute approximate surface area is 182 Å². The fourth-order valence-corrected chi connectivity index (χ4v) is 6.21. The zero-order valence-electron chi connectivity index (χ0n) is 15.2. The number of rotatable bonds is 9. The smallest absolute Gasteiger partial charge is 0.387 e. The SMILES string of the molecule is C=C1N=C(N)C=CN1[C@@H]1O[C@](CBr)(COP(=O)(O)OP(=O)(O)OP(=O)(O)O)[C@@H](O)[C@@H]1F. The first-order valence-corrected chi connectivity index (χ1v) is 13.5. The van der Waals surface area contributed by atoms with E-state index in [0.717, 1.165) is 4.90 Å². The van der Waals surface area contributed by atoms with Crippen LogP contribution >= 0.6 is 39.4 Å². The van der Waals surface area contributed by atoms with Crippen LogP contribution in [0.5, 0.6) is 0 Å². The van der Waals surface area contributed by atoms with Crippen molar-refractivity contribution in [2.75, 3.05) is 11.9 Å². The molecule has 2 unspecified atom stereocenters. The molecule has 7 N–H and O–H groups in total. The Bertz CT molecular complexity index is 929. The summed E-state index contributed by atoms with van der Waals surface area (Å²) in [6, 6.07) is 0. The van der Waals surface area contributed by atoms with Gasteiger partial charge >= 0.3 is 23.5 Å². The van der Waals surface area contributed by atoms with Crippen LogP contribution in [0.4, 0.5) is 4.39 Å². The number of hydrogen-bond donors (Lipinski definition) is 6. The number of halogens is 2. The van der Waals surface area contributed by atoms with E-state index in [1.54, 1.807) is 0 Å². The first kappa shape index (κ1) is 26.7. The molecule has 0 bridgehead atoms. The van der Waals surface area contributed by atoms with E-state index < -0.39 is 54.2 Å². The van der Waals surface area contributed by atoms with Gasteiger partial charge in [0.25, 0.3) is 0 Å². The molecule has 0 aromatic heterocycles. The third-order valence-corrected chi connectivity index (χ3v) is 8.55. The van der Waals surface area contributed by atoms with Crippen molar-refractivity contribution in [3.63, 3.8) is 0 Å². The molecule has 1 saturated heterocycles. The molecule has 15 nitrogen and oxygen atoms in total. The third-order valence-electron chi connectivity index (χ3n) is 3.82. The number of amidine groups is 1. The monoisotopic (exact) mass is 575 g/mol. The number of aliphatic imine (C=N–C) groups is 1. The van der Waals surface area contributed by atoms with Crippen molar-refractivity contribution in [3.05, 3.63) is 24.7 Å². The van der Waals surface area contributed by atoms with Gasteiger partial charge in [-0.05, 0) is 6.08 Å². The Kier molecular flexibility index (Phi) is 8.10. The minimum atomic E-state index is -5.75. The molecule has 0 aromatic rings. The molecule has 6 atom stereocenters. The summed E-state index contributed by atoms with van der Waals surface area (Å²) in [6.07, 6.45) is -3.00. The van der Waals surface area contributed by atoms with Crippen LogP contribution in [0.25, 0.3) is 0 Å². The molecule has 0 aromatic carbocycles. The third kappa shape index (κ3) is 6.74. The number of aliphatic hydroxyl groups is 1. The standard InChI is InChI=1S/C11H18BrFN3O12P3/c1-6-15-7(14)2-3-16(6)10-8(13)9(17)11(4-12,26-10)5-25-30(21,22)28-31(23,24)27-29(18,19)20/h2-3,8-10,17H,1,4-5H2,(H2,14,15)(H,21,22)(H,23,24)(H2,18,19,20)/t8-,9-,10+,11+/m0/s1. The van der Waals surface area contributed by atoms with Gasteiger partial charge in [0.05, 0.1) is 6.61 Å². The quantitative estimate of drug-likeness (QED) is 0.159. The van der Waals surface area contributed by atoms with E-state index in [4.69, 9.17) is 25.2 Å². The van der Waals surface area contributed by atoms with Crippen LogP contribution in [0.1, 0.15) is 0 Å². The zero-order valence-corrected chi connectivity index (χ0v) is 19.4. The summed E-state index contributed by atoms with van der Waals surface area (Å²) in [7, 11) is -16.8. The van der Waals surface area contributed by atoms with Crippen molar-refractivity contribution < 1.29 is 60.6 Å². The molecule has 0 aliphatic carbocycles. The molecule has 2 rings (SSSR count). The van der Waals surface area contributed by atoms with Gasteiger partial charge in [-0.25, -0.2) is 23.1 Å². The zero-order chi connectivity index (χ0) is 23.8. The topological polar surface area (TPSA) is 231 Å². The maximum absolute atomic E-state index is 14.8. The van der Waals surface area contributed by atoms with Crippen LogP contribution in [0.15, 0.2) is 29.7 Å². The Morgan fingerprint density at radius 1 is 1.29 bits per heavy atom. The lowest BCUT2D eigenvalue weighted by molar-refractivity contribution is -0.117. The highest BCUT2D eigenvalue weighted by Gasteiger charge is 2.58. The van der Waals surface area contributed by atoms with Crippen molar-refractivity contribution in [1.82, 2.24) is 4.90 Å². The molecule has 2 aliphatic rings. The fourth-order valence-electron chi connectivity index (χ4n) is 2.51. The van der Waals surface area contributed by atoms with Crippen molar-refractivity contribution >= 4 is 45.2 Å². The van der Waals surface area contributed by atoms with Gasteiger partial charge in [0.15, 0.2) is 12.4 Å². The Balaban J connectivity index is 2.14. The molecule has 0 spiro atoms. The van der Waals surface area contributed by atoms with Crippen molar-refractivity contribution in [2.24, 2.45) is 10.7 Å². The Morgan fingerprint density at radius 2 is 1.90 bits per heavy atom. The van der Waals surface area contributed by atoms with Gasteiger partial charge in [0.1, 0.15) is 23.4 Å². The summed E-state index contributed by atoms with van der Waals surface area (Å²) in [5.41, 5.74) is 3.48. The van der Waals surface area contributed by atoms with Gasteiger partial charge in [-0.1, -0.05) is 22.5 Å². The molecule has 0 radical (unpaired) electrons. The van der Waals surface area contributed by atoms with E-state index in [1.165, 1.54) is 12.3 Å². The Hall–Kier alpha value is -0.510. The Morgan fingerprint density at radius 3 is 2.42 bits per heavy atom. The minimum Gasteiger partial charge on any atom is -0.387 e. The van der Waals surface area contributed by atoms with Crippen LogP contribution in [0.2, 0.25) is 0 Å². The van der Waals surface area contributed by atoms with Crippen LogP contribution < -0.4 is 5.73 Å². The van der Waals surface area contributed by atoms with E-state index >= 15 is 0 Å². The van der Waals surface area contributed by atoms with Crippen LogP contribution in [0.3, 0.4) is 0 Å². The van der Waals surface area contributed by atoms with Gasteiger partial charge in [-0.3, -0.25) is 4.52 Å². The van der Waals surface area contributed by atoms with Crippen molar-refractivity contribution in [1.29, 1.82) is 0 Å². The summed E-state index contributed by atoms with van der Waals surface area (Å²) in [5.74, 6) is 0.0488. The minimum absolute atomic E-state index is 0.0295. The van der Waals surface area contributed by atoms with Gasteiger partial charge in [0, 0.05) is 11.5 Å². The maximum Gasteiger partial charge on any atom is 0.490 e. The van der Waals surface area contributed by atoms with Crippen molar-refractivity contribution in [2.45, 2.75) is 24.1 Å². The highest BCUT2D eigenvalue weighted by atomic mass is 79.9. The average molecular weight is 576 g/mol. The average Bonchev–Trinajstić information content (AvgIpc) is 2.82. The number of nitrogens with zero attached hydrogens (tertiary/aromatic N) is 2. The van der Waals surface area contributed by atoms with Gasteiger partial charge in [0.2, 0.25) is 0 Å². The number of hydrogen-bond acceptors (Lipinski definition) is 11. The van der Waals surface area contributed by atoms with E-state index in [0.29, 0.717) is 0 Å². The number of nitrogens with two attached hydrogens (primary N) is 1. The molecule has 2 aliphatic heterocycles. The molecular weight excluding hydrogens is 558 g/mol.